The van der Waals surface area contributed by atoms with Crippen LogP contribution in [0.15, 0.2) is 29.2 Å². The third kappa shape index (κ3) is 4.57. The van der Waals surface area contributed by atoms with E-state index >= 15 is 0 Å². The number of rotatable bonds is 5. The molecule has 0 spiro atoms. The van der Waals surface area contributed by atoms with Crippen molar-refractivity contribution in [3.8, 4) is 12.3 Å². The topological polar surface area (TPSA) is 37.3 Å². The summed E-state index contributed by atoms with van der Waals surface area (Å²) in [4.78, 5) is 11.6. The van der Waals surface area contributed by atoms with Crippen LogP contribution in [0.3, 0.4) is 0 Å². The molecule has 0 radical (unpaired) electrons. The van der Waals surface area contributed by atoms with Crippen molar-refractivity contribution in [1.82, 2.24) is 0 Å². The van der Waals surface area contributed by atoms with Crippen molar-refractivity contribution >= 4 is 17.7 Å². The fourth-order valence-electron chi connectivity index (χ4n) is 1.11. The predicted octanol–water partition coefficient (Wildman–Crippen LogP) is 2.43. The number of carboxylic acids is 1. The molecule has 0 saturated heterocycles. The number of benzene rings is 1. The first-order valence-electron chi connectivity index (χ1n) is 4.59. The van der Waals surface area contributed by atoms with Crippen molar-refractivity contribution in [1.29, 1.82) is 0 Å². The summed E-state index contributed by atoms with van der Waals surface area (Å²) in [5, 5.41) is 8.58. The standard InChI is InChI=1S/C12H12O2S/c1-2-3-8-15-11-6-4-10(5-7-11)9-12(13)14/h1,4-7H,3,8-9H2,(H,13,14). The van der Waals surface area contributed by atoms with Crippen LogP contribution in [0.5, 0.6) is 0 Å². The van der Waals surface area contributed by atoms with Crippen molar-refractivity contribution < 1.29 is 9.90 Å². The zero-order valence-corrected chi connectivity index (χ0v) is 9.09. The summed E-state index contributed by atoms with van der Waals surface area (Å²) in [5.74, 6) is 2.67. The van der Waals surface area contributed by atoms with Gasteiger partial charge in [0.25, 0.3) is 0 Å². The lowest BCUT2D eigenvalue weighted by atomic mass is 10.2. The van der Waals surface area contributed by atoms with Gasteiger partial charge in [0.2, 0.25) is 0 Å². The van der Waals surface area contributed by atoms with E-state index in [1.807, 2.05) is 24.3 Å². The first-order valence-corrected chi connectivity index (χ1v) is 5.58. The molecular weight excluding hydrogens is 208 g/mol. The maximum atomic E-state index is 10.4. The Morgan fingerprint density at radius 1 is 1.40 bits per heavy atom. The number of thioether (sulfide) groups is 1. The molecular formula is C12H12O2S. The summed E-state index contributed by atoms with van der Waals surface area (Å²) >= 11 is 1.68. The molecule has 15 heavy (non-hydrogen) atoms. The fraction of sp³-hybridized carbons (Fsp3) is 0.250. The van der Waals surface area contributed by atoms with Crippen LogP contribution in [-0.2, 0) is 11.2 Å². The average Bonchev–Trinajstić information content (AvgIpc) is 2.20. The van der Waals surface area contributed by atoms with Crippen LogP contribution in [0.1, 0.15) is 12.0 Å². The van der Waals surface area contributed by atoms with E-state index in [1.165, 1.54) is 0 Å². The van der Waals surface area contributed by atoms with Gasteiger partial charge in [0.15, 0.2) is 0 Å². The average molecular weight is 220 g/mol. The summed E-state index contributed by atoms with van der Waals surface area (Å²) < 4.78 is 0. The second kappa shape index (κ2) is 6.15. The largest absolute Gasteiger partial charge is 0.481 e. The van der Waals surface area contributed by atoms with Crippen molar-refractivity contribution in [2.75, 3.05) is 5.75 Å². The van der Waals surface area contributed by atoms with Crippen LogP contribution >= 0.6 is 11.8 Å². The molecule has 0 aromatic heterocycles. The lowest BCUT2D eigenvalue weighted by Crippen LogP contribution is -1.99. The molecule has 0 saturated carbocycles. The highest BCUT2D eigenvalue weighted by Gasteiger charge is 2.00. The van der Waals surface area contributed by atoms with Crippen LogP contribution in [0.25, 0.3) is 0 Å². The van der Waals surface area contributed by atoms with E-state index in [4.69, 9.17) is 11.5 Å². The molecule has 0 atom stereocenters. The van der Waals surface area contributed by atoms with Crippen LogP contribution in [0, 0.1) is 12.3 Å². The number of terminal acetylenes is 1. The third-order valence-electron chi connectivity index (χ3n) is 1.79. The molecule has 3 heteroatoms. The van der Waals surface area contributed by atoms with E-state index < -0.39 is 5.97 Å². The first-order chi connectivity index (χ1) is 7.22. The molecule has 0 amide bonds. The SMILES string of the molecule is C#CCCSc1ccc(CC(=O)O)cc1. The van der Waals surface area contributed by atoms with Gasteiger partial charge in [-0.3, -0.25) is 4.79 Å². The predicted molar refractivity (Wildman–Crippen MR) is 62.0 cm³/mol. The van der Waals surface area contributed by atoms with Crippen molar-refractivity contribution in [2.24, 2.45) is 0 Å². The smallest absolute Gasteiger partial charge is 0.307 e. The maximum Gasteiger partial charge on any atom is 0.307 e. The Morgan fingerprint density at radius 2 is 2.07 bits per heavy atom. The van der Waals surface area contributed by atoms with Gasteiger partial charge in [0.05, 0.1) is 6.42 Å². The summed E-state index contributed by atoms with van der Waals surface area (Å²) in [5.41, 5.74) is 0.823. The van der Waals surface area contributed by atoms with E-state index in [2.05, 4.69) is 5.92 Å². The second-order valence-electron chi connectivity index (χ2n) is 3.02. The molecule has 1 rings (SSSR count). The number of hydrogen-bond donors (Lipinski definition) is 1. The molecule has 0 aliphatic heterocycles. The quantitative estimate of drug-likeness (QED) is 0.470. The van der Waals surface area contributed by atoms with E-state index in [9.17, 15) is 4.79 Å². The Bertz CT molecular complexity index is 362. The van der Waals surface area contributed by atoms with Gasteiger partial charge in [-0.2, -0.15) is 0 Å². The minimum atomic E-state index is -0.803. The number of hydrogen-bond acceptors (Lipinski definition) is 2. The summed E-state index contributed by atoms with van der Waals surface area (Å²) in [6, 6.07) is 7.54. The molecule has 0 heterocycles. The van der Waals surface area contributed by atoms with Crippen molar-refractivity contribution in [3.63, 3.8) is 0 Å². The van der Waals surface area contributed by atoms with Crippen LogP contribution in [0.4, 0.5) is 0 Å². The second-order valence-corrected chi connectivity index (χ2v) is 4.19. The number of carboxylic acid groups (broad SMARTS) is 1. The third-order valence-corrected chi connectivity index (χ3v) is 2.81. The van der Waals surface area contributed by atoms with Crippen LogP contribution in [-0.4, -0.2) is 16.8 Å². The minimum absolute atomic E-state index is 0.0787. The van der Waals surface area contributed by atoms with Crippen molar-refractivity contribution in [2.45, 2.75) is 17.7 Å². The summed E-state index contributed by atoms with van der Waals surface area (Å²) in [6.07, 6.45) is 5.97. The highest BCUT2D eigenvalue weighted by atomic mass is 32.2. The lowest BCUT2D eigenvalue weighted by molar-refractivity contribution is -0.136. The Labute approximate surface area is 93.7 Å². The Kier molecular flexibility index (Phi) is 4.79. The minimum Gasteiger partial charge on any atom is -0.481 e. The summed E-state index contributed by atoms with van der Waals surface area (Å²) in [7, 11) is 0. The van der Waals surface area contributed by atoms with Gasteiger partial charge in [-0.25, -0.2) is 0 Å². The van der Waals surface area contributed by atoms with Crippen LogP contribution in [0.2, 0.25) is 0 Å². The molecule has 0 unspecified atom stereocenters. The maximum absolute atomic E-state index is 10.4. The van der Waals surface area contributed by atoms with E-state index in [-0.39, 0.29) is 6.42 Å². The van der Waals surface area contributed by atoms with Gasteiger partial charge < -0.3 is 5.11 Å². The summed E-state index contributed by atoms with van der Waals surface area (Å²) in [6.45, 7) is 0. The van der Waals surface area contributed by atoms with E-state index in [1.54, 1.807) is 11.8 Å². The number of aliphatic carboxylic acids is 1. The van der Waals surface area contributed by atoms with Gasteiger partial charge in [0, 0.05) is 17.1 Å². The molecule has 2 nitrogen and oxygen atoms in total. The molecule has 0 aliphatic rings. The molecule has 1 N–H and O–H groups in total. The fourth-order valence-corrected chi connectivity index (χ4v) is 1.89. The molecule has 1 aromatic carbocycles. The Morgan fingerprint density at radius 3 is 2.60 bits per heavy atom. The monoisotopic (exact) mass is 220 g/mol. The van der Waals surface area contributed by atoms with Crippen LogP contribution < -0.4 is 0 Å². The zero-order valence-electron chi connectivity index (χ0n) is 8.27. The lowest BCUT2D eigenvalue weighted by Gasteiger charge is -2.01. The normalized spacial score (nSPS) is 9.53. The van der Waals surface area contributed by atoms with E-state index in [0.29, 0.717) is 0 Å². The molecule has 0 aliphatic carbocycles. The van der Waals surface area contributed by atoms with Crippen molar-refractivity contribution in [3.05, 3.63) is 29.8 Å². The molecule has 0 fully saturated rings. The Hall–Kier alpha value is -1.40. The Balaban J connectivity index is 2.49. The first kappa shape index (κ1) is 11.7. The van der Waals surface area contributed by atoms with Gasteiger partial charge in [-0.05, 0) is 17.7 Å². The highest BCUT2D eigenvalue weighted by Crippen LogP contribution is 2.19. The molecule has 78 valence electrons. The highest BCUT2D eigenvalue weighted by molar-refractivity contribution is 7.99. The number of carbonyl (C=O) groups is 1. The van der Waals surface area contributed by atoms with E-state index in [0.717, 1.165) is 22.6 Å². The van der Waals surface area contributed by atoms with Gasteiger partial charge in [-0.15, -0.1) is 24.1 Å². The molecule has 1 aromatic rings. The van der Waals surface area contributed by atoms with Gasteiger partial charge in [-0.1, -0.05) is 12.1 Å². The zero-order chi connectivity index (χ0) is 11.1. The van der Waals surface area contributed by atoms with Gasteiger partial charge in [0.1, 0.15) is 0 Å². The van der Waals surface area contributed by atoms with Gasteiger partial charge >= 0.3 is 5.97 Å². The molecule has 0 bridgehead atoms.